The zero-order valence-electron chi connectivity index (χ0n) is 7.64. The zero-order chi connectivity index (χ0) is 10.9. The van der Waals surface area contributed by atoms with Crippen LogP contribution in [0.2, 0.25) is 0 Å². The van der Waals surface area contributed by atoms with Crippen LogP contribution in [-0.2, 0) is 9.59 Å². The molecular weight excluding hydrogens is 206 g/mol. The average molecular weight is 215 g/mol. The van der Waals surface area contributed by atoms with Gasteiger partial charge in [0.05, 0.1) is 4.75 Å². The van der Waals surface area contributed by atoms with Gasteiger partial charge < -0.3 is 10.2 Å². The number of carbonyl (C=O) groups is 2. The molecule has 5 nitrogen and oxygen atoms in total. The summed E-state index contributed by atoms with van der Waals surface area (Å²) in [4.78, 5) is 25.0. The van der Waals surface area contributed by atoms with Crippen molar-refractivity contribution in [3.05, 3.63) is 11.1 Å². The first-order chi connectivity index (χ1) is 6.34. The van der Waals surface area contributed by atoms with E-state index in [2.05, 4.69) is 4.99 Å². The Balaban J connectivity index is 3.09. The first-order valence-corrected chi connectivity index (χ1v) is 4.60. The molecule has 0 bridgehead atoms. The second-order valence-electron chi connectivity index (χ2n) is 3.19. The summed E-state index contributed by atoms with van der Waals surface area (Å²) in [5, 5.41) is 17.5. The van der Waals surface area contributed by atoms with E-state index < -0.39 is 16.7 Å². The van der Waals surface area contributed by atoms with E-state index in [1.54, 1.807) is 13.8 Å². The Morgan fingerprint density at radius 3 is 2.29 bits per heavy atom. The number of thioether (sulfide) groups is 1. The third-order valence-electron chi connectivity index (χ3n) is 1.66. The molecule has 1 aliphatic rings. The fourth-order valence-electron chi connectivity index (χ4n) is 1.04. The van der Waals surface area contributed by atoms with Crippen molar-refractivity contribution < 1.29 is 19.8 Å². The third kappa shape index (κ3) is 1.95. The van der Waals surface area contributed by atoms with Crippen LogP contribution in [0.4, 0.5) is 0 Å². The van der Waals surface area contributed by atoms with Gasteiger partial charge in [0.1, 0.15) is 10.6 Å². The minimum atomic E-state index is -1.12. The van der Waals surface area contributed by atoms with Crippen molar-refractivity contribution in [1.29, 1.82) is 0 Å². The lowest BCUT2D eigenvalue weighted by atomic mass is 10.1. The third-order valence-corrected chi connectivity index (χ3v) is 2.86. The second kappa shape index (κ2) is 3.45. The second-order valence-corrected chi connectivity index (χ2v) is 4.86. The summed E-state index contributed by atoms with van der Waals surface area (Å²) in [5.74, 6) is -2.21. The fourth-order valence-corrected chi connectivity index (χ4v) is 2.02. The highest BCUT2D eigenvalue weighted by molar-refractivity contribution is 8.06. The molecule has 6 heteroatoms. The maximum atomic E-state index is 10.7. The van der Waals surface area contributed by atoms with E-state index in [-0.39, 0.29) is 10.6 Å². The Hall–Kier alpha value is -1.30. The lowest BCUT2D eigenvalue weighted by Gasteiger charge is -2.25. The van der Waals surface area contributed by atoms with Crippen molar-refractivity contribution in [2.45, 2.75) is 18.6 Å². The van der Waals surface area contributed by atoms with Gasteiger partial charge in [-0.25, -0.2) is 9.59 Å². The van der Waals surface area contributed by atoms with Crippen LogP contribution in [0, 0.1) is 0 Å². The van der Waals surface area contributed by atoms with E-state index in [9.17, 15) is 9.59 Å². The Bertz CT molecular complexity index is 356. The molecule has 0 aromatic rings. The Kier molecular flexibility index (Phi) is 2.66. The van der Waals surface area contributed by atoms with Gasteiger partial charge in [0.2, 0.25) is 0 Å². The number of hydrogen-bond donors (Lipinski definition) is 2. The molecule has 0 radical (unpaired) electrons. The smallest absolute Gasteiger partial charge is 0.351 e. The van der Waals surface area contributed by atoms with Gasteiger partial charge >= 0.3 is 11.9 Å². The molecule has 1 heterocycles. The molecule has 0 saturated heterocycles. The van der Waals surface area contributed by atoms with Crippen molar-refractivity contribution in [2.75, 3.05) is 0 Å². The summed E-state index contributed by atoms with van der Waals surface area (Å²) in [7, 11) is 0. The summed E-state index contributed by atoms with van der Waals surface area (Å²) >= 11 is 0.983. The van der Waals surface area contributed by atoms with Crippen molar-refractivity contribution in [1.82, 2.24) is 0 Å². The predicted octanol–water partition coefficient (Wildman–Crippen LogP) is 0.963. The molecule has 0 amide bonds. The molecule has 2 N–H and O–H groups in total. The van der Waals surface area contributed by atoms with Gasteiger partial charge in [0, 0.05) is 6.20 Å². The molecular formula is C8H9NO4S. The lowest BCUT2D eigenvalue weighted by molar-refractivity contribution is -0.132. The SMILES string of the molecule is CC1(C)SC(C(=O)O)=CN=C1C(=O)O. The number of aliphatic imine (C=N–C) groups is 1. The first-order valence-electron chi connectivity index (χ1n) is 3.78. The highest BCUT2D eigenvalue weighted by Gasteiger charge is 2.36. The van der Waals surface area contributed by atoms with Gasteiger partial charge in [-0.2, -0.15) is 0 Å². The molecule has 1 rings (SSSR count). The van der Waals surface area contributed by atoms with Crippen molar-refractivity contribution >= 4 is 29.4 Å². The number of carboxylic acids is 2. The maximum Gasteiger partial charge on any atom is 0.351 e. The van der Waals surface area contributed by atoms with Crippen LogP contribution < -0.4 is 0 Å². The average Bonchev–Trinajstić information content (AvgIpc) is 2.01. The van der Waals surface area contributed by atoms with Gasteiger partial charge in [0.25, 0.3) is 0 Å². The van der Waals surface area contributed by atoms with Crippen LogP contribution in [0.25, 0.3) is 0 Å². The molecule has 0 aromatic carbocycles. The largest absolute Gasteiger partial charge is 0.477 e. The van der Waals surface area contributed by atoms with E-state index in [1.807, 2.05) is 0 Å². The van der Waals surface area contributed by atoms with Crippen LogP contribution >= 0.6 is 11.8 Å². The minimum absolute atomic E-state index is 0.0347. The molecule has 0 spiro atoms. The molecule has 0 aliphatic carbocycles. The Morgan fingerprint density at radius 1 is 1.36 bits per heavy atom. The van der Waals surface area contributed by atoms with Gasteiger partial charge in [-0.15, -0.1) is 11.8 Å². The zero-order valence-corrected chi connectivity index (χ0v) is 8.46. The summed E-state index contributed by atoms with van der Waals surface area (Å²) in [6, 6.07) is 0. The van der Waals surface area contributed by atoms with Crippen molar-refractivity contribution in [3.8, 4) is 0 Å². The quantitative estimate of drug-likeness (QED) is 0.716. The molecule has 1 aliphatic heterocycles. The molecule has 0 fully saturated rings. The van der Waals surface area contributed by atoms with Crippen LogP contribution in [0.5, 0.6) is 0 Å². The number of rotatable bonds is 2. The molecule has 0 unspecified atom stereocenters. The molecule has 0 atom stereocenters. The highest BCUT2D eigenvalue weighted by Crippen LogP contribution is 2.36. The van der Waals surface area contributed by atoms with E-state index in [0.717, 1.165) is 18.0 Å². The van der Waals surface area contributed by atoms with Crippen LogP contribution in [-0.4, -0.2) is 32.6 Å². The standard InChI is InChI=1S/C8H9NO4S/c1-8(2)5(7(12)13)9-3-4(14-8)6(10)11/h3H,1-2H3,(H,10,11)(H,12,13). The number of aliphatic carboxylic acids is 2. The highest BCUT2D eigenvalue weighted by atomic mass is 32.2. The lowest BCUT2D eigenvalue weighted by Crippen LogP contribution is -2.36. The molecule has 0 saturated carbocycles. The normalized spacial score (nSPS) is 19.6. The maximum absolute atomic E-state index is 10.7. The van der Waals surface area contributed by atoms with E-state index in [4.69, 9.17) is 10.2 Å². The predicted molar refractivity (Wildman–Crippen MR) is 52.5 cm³/mol. The fraction of sp³-hybridized carbons (Fsp3) is 0.375. The summed E-state index contributed by atoms with van der Waals surface area (Å²) in [6.07, 6.45) is 1.07. The van der Waals surface area contributed by atoms with E-state index in [0.29, 0.717) is 0 Å². The summed E-state index contributed by atoms with van der Waals surface area (Å²) in [6.45, 7) is 3.25. The first kappa shape index (κ1) is 10.8. The molecule has 14 heavy (non-hydrogen) atoms. The van der Waals surface area contributed by atoms with Crippen LogP contribution in [0.3, 0.4) is 0 Å². The number of nitrogens with zero attached hydrogens (tertiary/aromatic N) is 1. The van der Waals surface area contributed by atoms with Crippen LogP contribution in [0.1, 0.15) is 13.8 Å². The van der Waals surface area contributed by atoms with Crippen LogP contribution in [0.15, 0.2) is 16.1 Å². The molecule has 76 valence electrons. The summed E-state index contributed by atoms with van der Waals surface area (Å²) < 4.78 is -0.811. The number of carboxylic acid groups (broad SMARTS) is 2. The topological polar surface area (TPSA) is 87.0 Å². The van der Waals surface area contributed by atoms with E-state index in [1.165, 1.54) is 0 Å². The van der Waals surface area contributed by atoms with E-state index >= 15 is 0 Å². The van der Waals surface area contributed by atoms with Gasteiger partial charge in [-0.1, -0.05) is 0 Å². The monoisotopic (exact) mass is 215 g/mol. The van der Waals surface area contributed by atoms with Crippen molar-refractivity contribution in [2.24, 2.45) is 4.99 Å². The van der Waals surface area contributed by atoms with Crippen molar-refractivity contribution in [3.63, 3.8) is 0 Å². The Labute approximate surface area is 84.5 Å². The number of hydrogen-bond acceptors (Lipinski definition) is 4. The Morgan fingerprint density at radius 2 is 1.93 bits per heavy atom. The molecule has 0 aromatic heterocycles. The van der Waals surface area contributed by atoms with Gasteiger partial charge in [-0.3, -0.25) is 4.99 Å². The summed E-state index contributed by atoms with van der Waals surface area (Å²) in [5.41, 5.74) is -0.0347. The van der Waals surface area contributed by atoms with Gasteiger partial charge in [0.15, 0.2) is 0 Å². The van der Waals surface area contributed by atoms with Gasteiger partial charge in [-0.05, 0) is 13.8 Å². The minimum Gasteiger partial charge on any atom is -0.477 e.